The lowest BCUT2D eigenvalue weighted by molar-refractivity contribution is -0.111. The minimum Gasteiger partial charge on any atom is -0.490 e. The van der Waals surface area contributed by atoms with Crippen LogP contribution in [0.2, 0.25) is 0 Å². The van der Waals surface area contributed by atoms with Crippen molar-refractivity contribution in [1.82, 2.24) is 0 Å². The van der Waals surface area contributed by atoms with Crippen LogP contribution < -0.4 is 10.1 Å². The summed E-state index contributed by atoms with van der Waals surface area (Å²) in [6, 6.07) is 11.1. The van der Waals surface area contributed by atoms with Gasteiger partial charge in [0.05, 0.1) is 12.4 Å². The molecule has 3 rings (SSSR count). The van der Waals surface area contributed by atoms with Gasteiger partial charge in [0.1, 0.15) is 11.5 Å². The molecule has 0 atom stereocenters. The van der Waals surface area contributed by atoms with E-state index in [1.54, 1.807) is 24.5 Å². The molecule has 0 aliphatic heterocycles. The highest BCUT2D eigenvalue weighted by Gasteiger charge is 2.16. The van der Waals surface area contributed by atoms with Gasteiger partial charge in [0, 0.05) is 17.8 Å². The second kappa shape index (κ2) is 6.98. The number of carbonyl (C=O) groups excluding carboxylic acids is 1. The molecule has 1 amide bonds. The maximum Gasteiger partial charge on any atom is 0.248 e. The van der Waals surface area contributed by atoms with Crippen molar-refractivity contribution < 1.29 is 13.9 Å². The molecule has 0 spiro atoms. The van der Waals surface area contributed by atoms with E-state index >= 15 is 0 Å². The topological polar surface area (TPSA) is 51.5 Å². The van der Waals surface area contributed by atoms with Crippen LogP contribution in [0.4, 0.5) is 5.69 Å². The van der Waals surface area contributed by atoms with Crippen LogP contribution in [0.1, 0.15) is 31.4 Å². The summed E-state index contributed by atoms with van der Waals surface area (Å²) in [6.45, 7) is 0. The van der Waals surface area contributed by atoms with E-state index < -0.39 is 0 Å². The standard InChI is InChI=1S/C18H19NO3/c20-18(11-10-15-9-4-12-21-15)19-14-5-3-8-17(13-14)22-16-6-1-2-7-16/h3-5,8-13,16H,1-2,6-7H2,(H,19,20). The monoisotopic (exact) mass is 297 g/mol. The smallest absolute Gasteiger partial charge is 0.248 e. The Morgan fingerprint density at radius 1 is 1.23 bits per heavy atom. The molecule has 4 heteroatoms. The van der Waals surface area contributed by atoms with Gasteiger partial charge in [0.2, 0.25) is 5.91 Å². The minimum atomic E-state index is -0.200. The van der Waals surface area contributed by atoms with Crippen molar-refractivity contribution in [2.75, 3.05) is 5.32 Å². The summed E-state index contributed by atoms with van der Waals surface area (Å²) in [6.07, 6.45) is 9.66. The lowest BCUT2D eigenvalue weighted by Crippen LogP contribution is -2.11. The van der Waals surface area contributed by atoms with Gasteiger partial charge in [-0.25, -0.2) is 0 Å². The average Bonchev–Trinajstić information content (AvgIpc) is 3.19. The molecule has 1 aliphatic rings. The zero-order valence-electron chi connectivity index (χ0n) is 12.3. The van der Waals surface area contributed by atoms with Crippen molar-refractivity contribution in [3.05, 3.63) is 54.5 Å². The normalized spacial score (nSPS) is 15.3. The third kappa shape index (κ3) is 4.01. The van der Waals surface area contributed by atoms with Gasteiger partial charge in [-0.15, -0.1) is 0 Å². The van der Waals surface area contributed by atoms with Gasteiger partial charge in [-0.05, 0) is 56.0 Å². The summed E-state index contributed by atoms with van der Waals surface area (Å²) in [5.41, 5.74) is 0.726. The Hall–Kier alpha value is -2.49. The summed E-state index contributed by atoms with van der Waals surface area (Å²) >= 11 is 0. The Morgan fingerprint density at radius 3 is 2.86 bits per heavy atom. The molecule has 22 heavy (non-hydrogen) atoms. The van der Waals surface area contributed by atoms with E-state index in [1.165, 1.54) is 18.9 Å². The van der Waals surface area contributed by atoms with Crippen molar-refractivity contribution in [3.8, 4) is 5.75 Å². The molecule has 1 N–H and O–H groups in total. The summed E-state index contributed by atoms with van der Waals surface area (Å²) in [7, 11) is 0. The largest absolute Gasteiger partial charge is 0.490 e. The lowest BCUT2D eigenvalue weighted by Gasteiger charge is -2.13. The average molecular weight is 297 g/mol. The van der Waals surface area contributed by atoms with Gasteiger partial charge in [0.15, 0.2) is 0 Å². The minimum absolute atomic E-state index is 0.200. The number of amides is 1. The molecule has 0 saturated heterocycles. The molecule has 1 saturated carbocycles. The Balaban J connectivity index is 1.58. The van der Waals surface area contributed by atoms with Crippen molar-refractivity contribution >= 4 is 17.7 Å². The first kappa shape index (κ1) is 14.4. The van der Waals surface area contributed by atoms with Crippen molar-refractivity contribution in [2.24, 2.45) is 0 Å². The number of nitrogens with one attached hydrogen (secondary N) is 1. The number of furan rings is 1. The first-order valence-electron chi connectivity index (χ1n) is 7.59. The van der Waals surface area contributed by atoms with Crippen LogP contribution in [0.5, 0.6) is 5.75 Å². The molecular formula is C18H19NO3. The third-order valence-corrected chi connectivity index (χ3v) is 3.65. The molecule has 1 aliphatic carbocycles. The fraction of sp³-hybridized carbons (Fsp3) is 0.278. The fourth-order valence-electron chi connectivity index (χ4n) is 2.57. The van der Waals surface area contributed by atoms with E-state index in [9.17, 15) is 4.79 Å². The molecule has 4 nitrogen and oxygen atoms in total. The van der Waals surface area contributed by atoms with Gasteiger partial charge in [0.25, 0.3) is 0 Å². The van der Waals surface area contributed by atoms with E-state index in [1.807, 2.05) is 24.3 Å². The van der Waals surface area contributed by atoms with Gasteiger partial charge in [-0.1, -0.05) is 6.07 Å². The molecule has 2 aromatic rings. The molecule has 0 radical (unpaired) electrons. The highest BCUT2D eigenvalue weighted by Crippen LogP contribution is 2.25. The van der Waals surface area contributed by atoms with E-state index in [0.717, 1.165) is 24.3 Å². The number of ether oxygens (including phenoxy) is 1. The highest BCUT2D eigenvalue weighted by molar-refractivity contribution is 6.01. The van der Waals surface area contributed by atoms with Gasteiger partial charge in [-0.3, -0.25) is 4.79 Å². The van der Waals surface area contributed by atoms with Crippen LogP contribution in [0.3, 0.4) is 0 Å². The summed E-state index contributed by atoms with van der Waals surface area (Å²) in [5.74, 6) is 1.25. The molecule has 0 bridgehead atoms. The first-order chi connectivity index (χ1) is 10.8. The molecule has 114 valence electrons. The van der Waals surface area contributed by atoms with E-state index in [0.29, 0.717) is 11.9 Å². The Bertz CT molecular complexity index is 640. The Morgan fingerprint density at radius 2 is 2.09 bits per heavy atom. The predicted octanol–water partition coefficient (Wildman–Crippen LogP) is 4.25. The van der Waals surface area contributed by atoms with Crippen LogP contribution in [0, 0.1) is 0 Å². The van der Waals surface area contributed by atoms with Crippen LogP contribution in [-0.2, 0) is 4.79 Å². The highest BCUT2D eigenvalue weighted by atomic mass is 16.5. The predicted molar refractivity (Wildman–Crippen MR) is 85.7 cm³/mol. The first-order valence-corrected chi connectivity index (χ1v) is 7.59. The molecule has 1 aromatic heterocycles. The van der Waals surface area contributed by atoms with E-state index in [4.69, 9.17) is 9.15 Å². The summed E-state index contributed by atoms with van der Waals surface area (Å²) in [5, 5.41) is 2.82. The molecule has 1 aromatic carbocycles. The number of benzene rings is 1. The fourth-order valence-corrected chi connectivity index (χ4v) is 2.57. The van der Waals surface area contributed by atoms with E-state index in [-0.39, 0.29) is 5.91 Å². The second-order valence-electron chi connectivity index (χ2n) is 5.39. The van der Waals surface area contributed by atoms with Crippen molar-refractivity contribution in [3.63, 3.8) is 0 Å². The van der Waals surface area contributed by atoms with Gasteiger partial charge < -0.3 is 14.5 Å². The Labute approximate surface area is 129 Å². The molecule has 1 heterocycles. The van der Waals surface area contributed by atoms with Crippen LogP contribution in [0.15, 0.2) is 53.2 Å². The number of carbonyl (C=O) groups is 1. The van der Waals surface area contributed by atoms with Crippen LogP contribution in [-0.4, -0.2) is 12.0 Å². The number of hydrogen-bond acceptors (Lipinski definition) is 3. The third-order valence-electron chi connectivity index (χ3n) is 3.65. The molecule has 1 fully saturated rings. The SMILES string of the molecule is O=C(C=Cc1ccco1)Nc1cccc(OC2CCCC2)c1. The van der Waals surface area contributed by atoms with Crippen LogP contribution >= 0.6 is 0 Å². The summed E-state index contributed by atoms with van der Waals surface area (Å²) in [4.78, 5) is 11.9. The number of anilines is 1. The summed E-state index contributed by atoms with van der Waals surface area (Å²) < 4.78 is 11.1. The van der Waals surface area contributed by atoms with Crippen LogP contribution in [0.25, 0.3) is 6.08 Å². The van der Waals surface area contributed by atoms with E-state index in [2.05, 4.69) is 5.32 Å². The lowest BCUT2D eigenvalue weighted by atomic mass is 10.2. The quantitative estimate of drug-likeness (QED) is 0.839. The van der Waals surface area contributed by atoms with Gasteiger partial charge >= 0.3 is 0 Å². The number of hydrogen-bond donors (Lipinski definition) is 1. The zero-order chi connectivity index (χ0) is 15.2. The van der Waals surface area contributed by atoms with Crippen molar-refractivity contribution in [2.45, 2.75) is 31.8 Å². The maximum atomic E-state index is 11.9. The second-order valence-corrected chi connectivity index (χ2v) is 5.39. The Kier molecular flexibility index (Phi) is 4.59. The number of rotatable bonds is 5. The molecular weight excluding hydrogens is 278 g/mol. The zero-order valence-corrected chi connectivity index (χ0v) is 12.3. The van der Waals surface area contributed by atoms with Gasteiger partial charge in [-0.2, -0.15) is 0 Å². The maximum absolute atomic E-state index is 11.9. The molecule has 0 unspecified atom stereocenters. The van der Waals surface area contributed by atoms with Crippen molar-refractivity contribution in [1.29, 1.82) is 0 Å².